The number of fused-ring (bicyclic) bond motifs is 4. The predicted octanol–water partition coefficient (Wildman–Crippen LogP) is 2.66. The number of nitrogen functional groups attached to an aromatic ring is 2. The molecule has 3 aliphatic rings. The molecular formula is C26H36BFN10O9P2SSi-. The maximum atomic E-state index is 16.2. The molecule has 0 bridgehead atoms. The van der Waals surface area contributed by atoms with E-state index in [1.54, 1.807) is 4.57 Å². The molecule has 3 aliphatic heterocycles. The van der Waals surface area contributed by atoms with Gasteiger partial charge < -0.3 is 56.0 Å². The fourth-order valence-corrected chi connectivity index (χ4v) is 9.59. The van der Waals surface area contributed by atoms with E-state index >= 15 is 4.39 Å². The number of ether oxygens (including phenoxy) is 2. The van der Waals surface area contributed by atoms with Gasteiger partial charge in [0, 0.05) is 0 Å². The summed E-state index contributed by atoms with van der Waals surface area (Å²) in [5.74, 6) is 0.214. The molecule has 0 amide bonds. The van der Waals surface area contributed by atoms with E-state index in [1.807, 2.05) is 33.9 Å². The molecule has 0 aliphatic carbocycles. The molecule has 4 unspecified atom stereocenters. The van der Waals surface area contributed by atoms with Gasteiger partial charge in [0.25, 0.3) is 0 Å². The molecule has 4 aromatic rings. The van der Waals surface area contributed by atoms with Crippen LogP contribution in [0.15, 0.2) is 25.3 Å². The molecule has 3 fully saturated rings. The van der Waals surface area contributed by atoms with E-state index in [1.165, 1.54) is 29.9 Å². The van der Waals surface area contributed by atoms with Gasteiger partial charge in [-0.25, -0.2) is 34.3 Å². The highest BCUT2D eigenvalue weighted by Crippen LogP contribution is 2.55. The largest absolute Gasteiger partial charge is 0.444 e. The zero-order valence-corrected chi connectivity index (χ0v) is 31.7. The highest BCUT2D eigenvalue weighted by Gasteiger charge is 2.55. The summed E-state index contributed by atoms with van der Waals surface area (Å²) in [4.78, 5) is 36.4. The lowest BCUT2D eigenvalue weighted by molar-refractivity contribution is -0.0570. The van der Waals surface area contributed by atoms with Gasteiger partial charge in [0.1, 0.15) is 54.2 Å². The number of alkyl halides is 1. The van der Waals surface area contributed by atoms with E-state index in [4.69, 9.17) is 62.8 Å². The van der Waals surface area contributed by atoms with Crippen molar-refractivity contribution in [2.45, 2.75) is 88.1 Å². The lowest BCUT2D eigenvalue weighted by atomic mass is 10.1. The van der Waals surface area contributed by atoms with Gasteiger partial charge in [0.2, 0.25) is 0 Å². The quantitative estimate of drug-likeness (QED) is 0.199. The Morgan fingerprint density at radius 3 is 2.04 bits per heavy atom. The van der Waals surface area contributed by atoms with E-state index in [9.17, 15) is 9.46 Å². The summed E-state index contributed by atoms with van der Waals surface area (Å²) in [6, 6.07) is 0. The Kier molecular flexibility index (Phi) is 9.45. The van der Waals surface area contributed by atoms with Crippen molar-refractivity contribution in [1.82, 2.24) is 39.0 Å². The molecule has 0 spiro atoms. The third kappa shape index (κ3) is 6.88. The van der Waals surface area contributed by atoms with Crippen LogP contribution in [0.3, 0.4) is 0 Å². The summed E-state index contributed by atoms with van der Waals surface area (Å²) < 4.78 is 75.3. The second-order valence-corrected chi connectivity index (χ2v) is 22.9. The van der Waals surface area contributed by atoms with Crippen LogP contribution in [0.25, 0.3) is 22.3 Å². The molecule has 5 N–H and O–H groups in total. The van der Waals surface area contributed by atoms with E-state index in [2.05, 4.69) is 29.9 Å². The van der Waals surface area contributed by atoms with Crippen LogP contribution in [0.2, 0.25) is 18.1 Å². The first kappa shape index (κ1) is 36.8. The molecule has 0 saturated carbocycles. The van der Waals surface area contributed by atoms with Gasteiger partial charge in [-0.15, -0.1) is 0 Å². The zero-order valence-electron chi connectivity index (χ0n) is 28.0. The van der Waals surface area contributed by atoms with Crippen LogP contribution in [-0.2, 0) is 48.4 Å². The highest BCUT2D eigenvalue weighted by molar-refractivity contribution is 8.07. The van der Waals surface area contributed by atoms with E-state index < -0.39 is 84.9 Å². The second kappa shape index (κ2) is 13.1. The van der Waals surface area contributed by atoms with E-state index in [-0.39, 0.29) is 27.8 Å². The maximum Gasteiger partial charge on any atom is 0.325 e. The third-order valence-electron chi connectivity index (χ3n) is 9.46. The molecule has 3 saturated heterocycles. The number of imidazole rings is 2. The first-order chi connectivity index (χ1) is 23.9. The normalized spacial score (nSPS) is 35.4. The molecule has 4 aromatic heterocycles. The summed E-state index contributed by atoms with van der Waals surface area (Å²) in [5, 5.41) is -0.287. The van der Waals surface area contributed by atoms with Crippen LogP contribution in [0.4, 0.5) is 16.0 Å². The second-order valence-electron chi connectivity index (χ2n) is 13.8. The fraction of sp³-hybridized carbons (Fsp3) is 0.615. The number of halogens is 1. The van der Waals surface area contributed by atoms with E-state index in [0.29, 0.717) is 11.2 Å². The Morgan fingerprint density at radius 2 is 1.45 bits per heavy atom. The SMILES string of the molecule is [B-]P1(=O)OC[C@H]2O[C@@H](n3cnc4c(N)ncnc43)C(O[Si](C)(C)C(C)(C)C)[C@H]2OP(O)(=S)OC[C@H]2O[C@@H](n3cnc4c(N)ncnc43)[C@@H](F)C2O1. The standard InChI is InChI=1S/C26H36BFN10O9P2SSi/c1-26(2,3)51(4,5)47-19-18-13(44-25(19)38-11-36-16-21(30)32-9-34-23(16)38)6-41-48(27,39)45-17-12(7-42-49(40,50)46-18)43-24(14(17)28)37-10-35-15-20(29)31-8-33-22(15)37/h8-14,17-19,24-25H,6-7H2,1-5H3,(H,40,50)(H2,29,31,33)(H2,30,32,34)/q-1/t12-,13-,14+,17?,18+,19?,24-,25-,48?,49?/m1/s1. The number of anilines is 2. The first-order valence-corrected chi connectivity index (χ1v) is 22.8. The number of aromatic nitrogens is 8. The van der Waals surface area contributed by atoms with Crippen molar-refractivity contribution in [3.63, 3.8) is 0 Å². The van der Waals surface area contributed by atoms with Crippen LogP contribution in [0, 0.1) is 0 Å². The van der Waals surface area contributed by atoms with Crippen molar-refractivity contribution in [3.05, 3.63) is 25.3 Å². The van der Waals surface area contributed by atoms with Gasteiger partial charge in [-0.3, -0.25) is 13.7 Å². The van der Waals surface area contributed by atoms with E-state index in [0.717, 1.165) is 0 Å². The Balaban J connectivity index is 1.23. The topological polar surface area (TPSA) is 241 Å². The highest BCUT2D eigenvalue weighted by atomic mass is 32.5. The van der Waals surface area contributed by atoms with Crippen molar-refractivity contribution in [2.24, 2.45) is 0 Å². The zero-order chi connectivity index (χ0) is 36.7. The summed E-state index contributed by atoms with van der Waals surface area (Å²) in [7, 11) is -1.12. The molecule has 275 valence electrons. The van der Waals surface area contributed by atoms with Gasteiger partial charge in [0.15, 0.2) is 49.9 Å². The summed E-state index contributed by atoms with van der Waals surface area (Å²) in [6.45, 7) is 4.92. The monoisotopic (exact) mass is 784 g/mol. The molecule has 3 radical (unpaired) electrons. The lowest BCUT2D eigenvalue weighted by Gasteiger charge is -2.41. The van der Waals surface area contributed by atoms with Crippen molar-refractivity contribution < 1.29 is 45.8 Å². The Hall–Kier alpha value is -2.53. The molecule has 25 heteroatoms. The molecule has 10 atom stereocenters. The van der Waals surface area contributed by atoms with Gasteiger partial charge in [0.05, 0.1) is 33.3 Å². The molecule has 7 heterocycles. The molecule has 51 heavy (non-hydrogen) atoms. The molecule has 7 rings (SSSR count). The Morgan fingerprint density at radius 1 is 0.922 bits per heavy atom. The van der Waals surface area contributed by atoms with Gasteiger partial charge in [-0.2, -0.15) is 0 Å². The van der Waals surface area contributed by atoms with Crippen LogP contribution >= 0.6 is 14.2 Å². The van der Waals surface area contributed by atoms with Crippen molar-refractivity contribution in [2.75, 3.05) is 24.7 Å². The van der Waals surface area contributed by atoms with Crippen molar-refractivity contribution in [1.29, 1.82) is 0 Å². The number of nitrogens with zero attached hydrogens (tertiary/aromatic N) is 8. The smallest absolute Gasteiger partial charge is 0.325 e. The number of hydrogen-bond acceptors (Lipinski definition) is 17. The minimum absolute atomic E-state index is 0.0701. The third-order valence-corrected chi connectivity index (χ3v) is 16.5. The van der Waals surface area contributed by atoms with Gasteiger partial charge in [-0.05, 0) is 29.9 Å². The first-order valence-electron chi connectivity index (χ1n) is 15.7. The van der Waals surface area contributed by atoms with Crippen LogP contribution in [0.1, 0.15) is 33.2 Å². The van der Waals surface area contributed by atoms with Crippen LogP contribution in [-0.4, -0.2) is 110 Å². The summed E-state index contributed by atoms with van der Waals surface area (Å²) in [6.07, 6.45) is -5.48. The Labute approximate surface area is 298 Å². The number of nitrogens with two attached hydrogens (primary N) is 2. The van der Waals surface area contributed by atoms with Crippen LogP contribution in [0.5, 0.6) is 0 Å². The average molecular weight is 785 g/mol. The van der Waals surface area contributed by atoms with Gasteiger partial charge in [-0.1, -0.05) is 20.8 Å². The van der Waals surface area contributed by atoms with Crippen molar-refractivity contribution in [3.8, 4) is 0 Å². The minimum atomic E-state index is -4.55. The summed E-state index contributed by atoms with van der Waals surface area (Å²) in [5.41, 5.74) is 13.0. The van der Waals surface area contributed by atoms with Crippen LogP contribution < -0.4 is 11.5 Å². The lowest BCUT2D eigenvalue weighted by Crippen LogP contribution is -2.49. The molecular weight excluding hydrogens is 748 g/mol. The van der Waals surface area contributed by atoms with Crippen molar-refractivity contribution >= 4 is 75.8 Å². The minimum Gasteiger partial charge on any atom is -0.444 e. The predicted molar refractivity (Wildman–Crippen MR) is 186 cm³/mol. The molecule has 0 aromatic carbocycles. The number of hydrogen-bond donors (Lipinski definition) is 3. The van der Waals surface area contributed by atoms with Gasteiger partial charge >= 0.3 is 6.72 Å². The Bertz CT molecular complexity index is 2060. The molecule has 19 nitrogen and oxygen atoms in total. The average Bonchev–Trinajstić information content (AvgIpc) is 3.80. The summed E-state index contributed by atoms with van der Waals surface area (Å²) >= 11 is 5.48. The number of rotatable bonds is 4. The fourth-order valence-electron chi connectivity index (χ4n) is 5.86. The maximum absolute atomic E-state index is 16.2.